The summed E-state index contributed by atoms with van der Waals surface area (Å²) >= 11 is 5.50. The molecule has 1 heterocycles. The highest BCUT2D eigenvalue weighted by atomic mass is 32.2. The molecule has 1 aromatic rings. The summed E-state index contributed by atoms with van der Waals surface area (Å²) in [6, 6.07) is -4.61. The van der Waals surface area contributed by atoms with Crippen molar-refractivity contribution in [2.45, 2.75) is 37.0 Å². The van der Waals surface area contributed by atoms with Crippen LogP contribution in [0.15, 0.2) is 12.5 Å². The zero-order valence-corrected chi connectivity index (χ0v) is 18.6. The molecule has 0 aliphatic carbocycles. The van der Waals surface area contributed by atoms with E-state index in [1.807, 2.05) is 6.26 Å². The molecule has 174 valence electrons. The third-order valence-corrected chi connectivity index (χ3v) is 5.20. The van der Waals surface area contributed by atoms with Crippen molar-refractivity contribution in [3.63, 3.8) is 0 Å². The Kier molecular flexibility index (Phi) is 12.0. The van der Waals surface area contributed by atoms with Gasteiger partial charge in [0.1, 0.15) is 24.2 Å². The second-order valence-electron chi connectivity index (χ2n) is 6.56. The first-order valence-electron chi connectivity index (χ1n) is 9.30. The van der Waals surface area contributed by atoms with Gasteiger partial charge in [-0.05, 0) is 18.4 Å². The van der Waals surface area contributed by atoms with Crippen LogP contribution >= 0.6 is 24.4 Å². The lowest BCUT2D eigenvalue weighted by atomic mass is 10.1. The molecule has 0 aromatic carbocycles. The predicted molar refractivity (Wildman–Crippen MR) is 118 cm³/mol. The highest BCUT2D eigenvalue weighted by molar-refractivity contribution is 7.98. The van der Waals surface area contributed by atoms with Crippen LogP contribution in [0.25, 0.3) is 0 Å². The van der Waals surface area contributed by atoms with Crippen molar-refractivity contribution in [3.05, 3.63) is 18.2 Å². The van der Waals surface area contributed by atoms with Crippen LogP contribution in [0, 0.1) is 0 Å². The Bertz CT molecular complexity index is 735. The number of H-pyrrole nitrogens is 1. The number of aliphatic hydroxyl groups is 1. The summed E-state index contributed by atoms with van der Waals surface area (Å²) in [7, 11) is 0. The molecule has 0 radical (unpaired) electrons. The Morgan fingerprint density at radius 3 is 2.29 bits per heavy atom. The van der Waals surface area contributed by atoms with Gasteiger partial charge in [0, 0.05) is 24.1 Å². The number of amides is 3. The molecule has 0 aliphatic rings. The summed E-state index contributed by atoms with van der Waals surface area (Å²) in [4.78, 5) is 55.4. The number of carboxylic acid groups (broad SMARTS) is 1. The number of nitrogens with two attached hydrogens (primary N) is 1. The van der Waals surface area contributed by atoms with E-state index >= 15 is 0 Å². The number of aliphatic carboxylic acids is 1. The van der Waals surface area contributed by atoms with E-state index in [0.29, 0.717) is 11.4 Å². The monoisotopic (exact) mass is 476 g/mol. The molecule has 1 aromatic heterocycles. The molecule has 12 nitrogen and oxygen atoms in total. The number of aliphatic hydroxyl groups excluding tert-OH is 1. The third kappa shape index (κ3) is 9.16. The molecule has 14 heteroatoms. The van der Waals surface area contributed by atoms with Crippen LogP contribution in [-0.4, -0.2) is 92.4 Å². The van der Waals surface area contributed by atoms with Gasteiger partial charge in [0.25, 0.3) is 0 Å². The fourth-order valence-corrected chi connectivity index (χ4v) is 3.15. The lowest BCUT2D eigenvalue weighted by Gasteiger charge is -2.24. The number of aromatic nitrogens is 2. The summed E-state index contributed by atoms with van der Waals surface area (Å²) in [5.74, 6) is -2.94. The van der Waals surface area contributed by atoms with Crippen molar-refractivity contribution >= 4 is 48.1 Å². The lowest BCUT2D eigenvalue weighted by molar-refractivity contribution is -0.142. The average molecular weight is 477 g/mol. The van der Waals surface area contributed by atoms with Crippen LogP contribution in [0.3, 0.4) is 0 Å². The Morgan fingerprint density at radius 2 is 1.77 bits per heavy atom. The first kappa shape index (κ1) is 26.7. The Balaban J connectivity index is 2.87. The molecule has 0 fully saturated rings. The average Bonchev–Trinajstić information content (AvgIpc) is 3.26. The molecule has 0 spiro atoms. The van der Waals surface area contributed by atoms with Crippen LogP contribution in [0.1, 0.15) is 12.1 Å². The predicted octanol–water partition coefficient (Wildman–Crippen LogP) is -2.51. The summed E-state index contributed by atoms with van der Waals surface area (Å²) in [6.07, 6.45) is 4.91. The summed E-state index contributed by atoms with van der Waals surface area (Å²) in [5.41, 5.74) is 6.02. The van der Waals surface area contributed by atoms with Crippen molar-refractivity contribution in [2.24, 2.45) is 5.73 Å². The van der Waals surface area contributed by atoms with Crippen LogP contribution in [0.4, 0.5) is 0 Å². The lowest BCUT2D eigenvalue weighted by Crippen LogP contribution is -2.58. The van der Waals surface area contributed by atoms with Gasteiger partial charge in [-0.1, -0.05) is 0 Å². The van der Waals surface area contributed by atoms with Crippen LogP contribution in [0.5, 0.6) is 0 Å². The van der Waals surface area contributed by atoms with Crippen molar-refractivity contribution in [1.29, 1.82) is 0 Å². The smallest absolute Gasteiger partial charge is 0.326 e. The van der Waals surface area contributed by atoms with Gasteiger partial charge < -0.3 is 36.9 Å². The number of hydrogen-bond donors (Lipinski definition) is 8. The van der Waals surface area contributed by atoms with E-state index < -0.39 is 54.5 Å². The first-order chi connectivity index (χ1) is 14.7. The molecule has 0 aliphatic heterocycles. The van der Waals surface area contributed by atoms with Gasteiger partial charge in [-0.25, -0.2) is 9.78 Å². The number of nitrogens with zero attached hydrogens (tertiary/aromatic N) is 1. The standard InChI is InChI=1S/C17H28N6O6S2/c1-31-3-2-11(17(28)29)21-16(27)13(7-30)23-15(26)12(4-9-5-19-8-20-9)22-14(25)10(18)6-24/h5,8,10-13,24,30H,2-4,6-7,18H2,1H3,(H,19,20)(H,21,27)(H,22,25)(H,23,26)(H,28,29). The summed E-state index contributed by atoms with van der Waals surface area (Å²) < 4.78 is 0. The molecule has 0 saturated carbocycles. The number of hydrogen-bond acceptors (Lipinski definition) is 9. The number of thiol groups is 1. The fraction of sp³-hybridized carbons (Fsp3) is 0.588. The van der Waals surface area contributed by atoms with E-state index in [9.17, 15) is 24.3 Å². The van der Waals surface area contributed by atoms with Crippen molar-refractivity contribution in [1.82, 2.24) is 25.9 Å². The van der Waals surface area contributed by atoms with Gasteiger partial charge >= 0.3 is 5.97 Å². The number of thioether (sulfide) groups is 1. The Hall–Kier alpha value is -2.29. The minimum Gasteiger partial charge on any atom is -0.480 e. The SMILES string of the molecule is CSCCC(NC(=O)C(CS)NC(=O)C(Cc1cnc[nH]1)NC(=O)C(N)CO)C(=O)O. The van der Waals surface area contributed by atoms with E-state index in [4.69, 9.17) is 10.8 Å². The second-order valence-corrected chi connectivity index (χ2v) is 7.91. The van der Waals surface area contributed by atoms with Crippen LogP contribution in [-0.2, 0) is 25.6 Å². The van der Waals surface area contributed by atoms with Gasteiger partial charge in [-0.2, -0.15) is 24.4 Å². The van der Waals surface area contributed by atoms with Gasteiger partial charge in [-0.3, -0.25) is 14.4 Å². The van der Waals surface area contributed by atoms with Gasteiger partial charge in [0.15, 0.2) is 0 Å². The Labute approximate surface area is 188 Å². The highest BCUT2D eigenvalue weighted by Crippen LogP contribution is 2.04. The van der Waals surface area contributed by atoms with E-state index in [2.05, 4.69) is 38.5 Å². The van der Waals surface area contributed by atoms with E-state index in [0.717, 1.165) is 0 Å². The maximum absolute atomic E-state index is 12.8. The number of carboxylic acids is 1. The number of nitrogens with one attached hydrogen (secondary N) is 4. The van der Waals surface area contributed by atoms with Gasteiger partial charge in [0.05, 0.1) is 12.9 Å². The summed E-state index contributed by atoms with van der Waals surface area (Å²) in [6.45, 7) is -0.613. The van der Waals surface area contributed by atoms with Crippen molar-refractivity contribution < 1.29 is 29.4 Å². The quantitative estimate of drug-likeness (QED) is 0.134. The zero-order chi connectivity index (χ0) is 23.4. The highest BCUT2D eigenvalue weighted by Gasteiger charge is 2.30. The first-order valence-corrected chi connectivity index (χ1v) is 11.3. The fourth-order valence-electron chi connectivity index (χ4n) is 2.42. The Morgan fingerprint density at radius 1 is 1.16 bits per heavy atom. The normalized spacial score (nSPS) is 14.7. The topological polar surface area (TPSA) is 200 Å². The number of rotatable bonds is 14. The molecule has 31 heavy (non-hydrogen) atoms. The van der Waals surface area contributed by atoms with Crippen molar-refractivity contribution in [2.75, 3.05) is 24.4 Å². The molecule has 0 saturated heterocycles. The number of imidazole rings is 1. The maximum atomic E-state index is 12.8. The molecular formula is C17H28N6O6S2. The molecule has 4 atom stereocenters. The molecule has 3 amide bonds. The minimum atomic E-state index is -1.23. The van der Waals surface area contributed by atoms with Gasteiger partial charge in [-0.15, -0.1) is 0 Å². The molecule has 0 bridgehead atoms. The minimum absolute atomic E-state index is 0.0160. The van der Waals surface area contributed by atoms with Crippen LogP contribution < -0.4 is 21.7 Å². The zero-order valence-electron chi connectivity index (χ0n) is 16.9. The number of aromatic amines is 1. The molecule has 1 rings (SSSR count). The summed E-state index contributed by atoms with van der Waals surface area (Å²) in [5, 5.41) is 25.6. The maximum Gasteiger partial charge on any atom is 0.326 e. The molecule has 4 unspecified atom stereocenters. The van der Waals surface area contributed by atoms with E-state index in [-0.39, 0.29) is 18.6 Å². The van der Waals surface area contributed by atoms with Crippen molar-refractivity contribution in [3.8, 4) is 0 Å². The largest absolute Gasteiger partial charge is 0.480 e. The van der Waals surface area contributed by atoms with E-state index in [1.54, 1.807) is 0 Å². The molecular weight excluding hydrogens is 448 g/mol. The van der Waals surface area contributed by atoms with Crippen LogP contribution in [0.2, 0.25) is 0 Å². The van der Waals surface area contributed by atoms with E-state index in [1.165, 1.54) is 24.3 Å². The number of carbonyl (C=O) groups is 4. The third-order valence-electron chi connectivity index (χ3n) is 4.19. The van der Waals surface area contributed by atoms with Gasteiger partial charge in [0.2, 0.25) is 17.7 Å². The molecule has 8 N–H and O–H groups in total. The number of carbonyl (C=O) groups excluding carboxylic acids is 3. The second kappa shape index (κ2) is 13.9.